The van der Waals surface area contributed by atoms with Crippen molar-refractivity contribution in [2.75, 3.05) is 6.61 Å². The van der Waals surface area contributed by atoms with Crippen molar-refractivity contribution in [1.82, 2.24) is 0 Å². The molecule has 0 heterocycles. The topological polar surface area (TPSA) is 60.7 Å². The molecule has 0 aromatic heterocycles. The average Bonchev–Trinajstić information content (AvgIpc) is 2.15. The lowest BCUT2D eigenvalue weighted by molar-refractivity contribution is 0.00682. The summed E-state index contributed by atoms with van der Waals surface area (Å²) in [6.45, 7) is -0.0156. The second-order valence-electron chi connectivity index (χ2n) is 2.58. The molecule has 1 fully saturated rings. The molecule has 1 aliphatic rings. The van der Waals surface area contributed by atoms with Gasteiger partial charge in [0.15, 0.2) is 0 Å². The van der Waals surface area contributed by atoms with E-state index < -0.39 is 12.2 Å². The maximum Gasteiger partial charge on any atom is 0.0849 e. The molecule has 54 valence electrons. The van der Waals surface area contributed by atoms with Crippen LogP contribution in [0.4, 0.5) is 0 Å². The first-order valence-corrected chi connectivity index (χ1v) is 3.22. The number of aliphatic hydroxyl groups is 3. The second-order valence-corrected chi connectivity index (χ2v) is 2.58. The number of hydrogen-bond donors (Lipinski definition) is 3. The van der Waals surface area contributed by atoms with Crippen LogP contribution in [0.3, 0.4) is 0 Å². The van der Waals surface area contributed by atoms with Crippen LogP contribution in [-0.4, -0.2) is 34.1 Å². The Morgan fingerprint density at radius 3 is 2.11 bits per heavy atom. The van der Waals surface area contributed by atoms with Crippen LogP contribution in [0, 0.1) is 5.92 Å². The molecule has 0 aromatic carbocycles. The third-order valence-corrected chi connectivity index (χ3v) is 1.94. The van der Waals surface area contributed by atoms with Gasteiger partial charge >= 0.3 is 0 Å². The SMILES string of the molecule is OC[C@H]1CC[C@H](O)[C@@H]1O. The van der Waals surface area contributed by atoms with Crippen LogP contribution >= 0.6 is 0 Å². The molecule has 3 N–H and O–H groups in total. The fourth-order valence-corrected chi connectivity index (χ4v) is 1.24. The Bertz CT molecular complexity index is 94.3. The van der Waals surface area contributed by atoms with Gasteiger partial charge in [-0.25, -0.2) is 0 Å². The molecule has 0 spiro atoms. The van der Waals surface area contributed by atoms with E-state index in [4.69, 9.17) is 15.3 Å². The van der Waals surface area contributed by atoms with Gasteiger partial charge in [0.05, 0.1) is 12.2 Å². The molecule has 0 saturated heterocycles. The minimum atomic E-state index is -0.699. The summed E-state index contributed by atoms with van der Waals surface area (Å²) >= 11 is 0. The van der Waals surface area contributed by atoms with Crippen LogP contribution in [0.15, 0.2) is 0 Å². The molecule has 0 radical (unpaired) electrons. The Hall–Kier alpha value is -0.120. The average molecular weight is 132 g/mol. The van der Waals surface area contributed by atoms with Crippen molar-refractivity contribution in [2.45, 2.75) is 25.0 Å². The molecular weight excluding hydrogens is 120 g/mol. The summed E-state index contributed by atoms with van der Waals surface area (Å²) in [5.74, 6) is -0.0972. The molecule has 0 amide bonds. The third kappa shape index (κ3) is 1.23. The van der Waals surface area contributed by atoms with Gasteiger partial charge in [0.2, 0.25) is 0 Å². The summed E-state index contributed by atoms with van der Waals surface area (Å²) < 4.78 is 0. The van der Waals surface area contributed by atoms with Gasteiger partial charge in [-0.3, -0.25) is 0 Å². The van der Waals surface area contributed by atoms with E-state index in [9.17, 15) is 0 Å². The number of aliphatic hydroxyl groups excluding tert-OH is 3. The van der Waals surface area contributed by atoms with E-state index in [0.29, 0.717) is 6.42 Å². The van der Waals surface area contributed by atoms with Gasteiger partial charge in [-0.2, -0.15) is 0 Å². The van der Waals surface area contributed by atoms with Crippen molar-refractivity contribution in [2.24, 2.45) is 5.92 Å². The van der Waals surface area contributed by atoms with Crippen LogP contribution in [0.1, 0.15) is 12.8 Å². The second kappa shape index (κ2) is 2.64. The molecule has 0 aromatic rings. The predicted molar refractivity (Wildman–Crippen MR) is 31.8 cm³/mol. The number of rotatable bonds is 1. The highest BCUT2D eigenvalue weighted by atomic mass is 16.3. The van der Waals surface area contributed by atoms with Crippen LogP contribution in [-0.2, 0) is 0 Å². The molecule has 1 saturated carbocycles. The first kappa shape index (κ1) is 6.99. The Labute approximate surface area is 53.9 Å². The van der Waals surface area contributed by atoms with Crippen LogP contribution in [0.2, 0.25) is 0 Å². The summed E-state index contributed by atoms with van der Waals surface area (Å²) in [6, 6.07) is 0. The van der Waals surface area contributed by atoms with Crippen molar-refractivity contribution in [3.63, 3.8) is 0 Å². The molecule has 3 nitrogen and oxygen atoms in total. The summed E-state index contributed by atoms with van der Waals surface area (Å²) in [7, 11) is 0. The van der Waals surface area contributed by atoms with E-state index in [2.05, 4.69) is 0 Å². The quantitative estimate of drug-likeness (QED) is 0.434. The van der Waals surface area contributed by atoms with Crippen LogP contribution in [0.25, 0.3) is 0 Å². The van der Waals surface area contributed by atoms with E-state index in [1.807, 2.05) is 0 Å². The monoisotopic (exact) mass is 132 g/mol. The van der Waals surface area contributed by atoms with E-state index in [1.54, 1.807) is 0 Å². The maximum atomic E-state index is 9.05. The Kier molecular flexibility index (Phi) is 2.05. The predicted octanol–water partition coefficient (Wildman–Crippen LogP) is -0.890. The lowest BCUT2D eigenvalue weighted by Gasteiger charge is -2.12. The molecule has 0 aliphatic heterocycles. The largest absolute Gasteiger partial charge is 0.396 e. The zero-order valence-corrected chi connectivity index (χ0v) is 5.20. The fraction of sp³-hybridized carbons (Fsp3) is 1.00. The highest BCUT2D eigenvalue weighted by Crippen LogP contribution is 2.24. The van der Waals surface area contributed by atoms with E-state index in [0.717, 1.165) is 6.42 Å². The zero-order valence-electron chi connectivity index (χ0n) is 5.20. The van der Waals surface area contributed by atoms with E-state index >= 15 is 0 Å². The maximum absolute atomic E-state index is 9.05. The highest BCUT2D eigenvalue weighted by Gasteiger charge is 2.32. The first-order valence-electron chi connectivity index (χ1n) is 3.22. The molecule has 1 rings (SSSR count). The molecule has 1 aliphatic carbocycles. The lowest BCUT2D eigenvalue weighted by atomic mass is 10.1. The summed E-state index contributed by atoms with van der Waals surface area (Å²) in [4.78, 5) is 0. The zero-order chi connectivity index (χ0) is 6.85. The van der Waals surface area contributed by atoms with Gasteiger partial charge in [-0.15, -0.1) is 0 Å². The lowest BCUT2D eigenvalue weighted by Crippen LogP contribution is -2.26. The van der Waals surface area contributed by atoms with Crippen LogP contribution < -0.4 is 0 Å². The normalized spacial score (nSPS) is 43.7. The van der Waals surface area contributed by atoms with Crippen molar-refractivity contribution >= 4 is 0 Å². The molecule has 3 atom stereocenters. The van der Waals surface area contributed by atoms with Crippen molar-refractivity contribution in [3.8, 4) is 0 Å². The van der Waals surface area contributed by atoms with E-state index in [-0.39, 0.29) is 12.5 Å². The Morgan fingerprint density at radius 1 is 1.22 bits per heavy atom. The molecule has 9 heavy (non-hydrogen) atoms. The Balaban J connectivity index is 2.41. The van der Waals surface area contributed by atoms with Crippen molar-refractivity contribution < 1.29 is 15.3 Å². The minimum Gasteiger partial charge on any atom is -0.396 e. The van der Waals surface area contributed by atoms with Gasteiger partial charge in [0.1, 0.15) is 0 Å². The van der Waals surface area contributed by atoms with Crippen LogP contribution in [0.5, 0.6) is 0 Å². The molecule has 3 heteroatoms. The van der Waals surface area contributed by atoms with Crippen molar-refractivity contribution in [3.05, 3.63) is 0 Å². The molecule has 0 unspecified atom stereocenters. The summed E-state index contributed by atoms with van der Waals surface area (Å²) in [5.41, 5.74) is 0. The fourth-order valence-electron chi connectivity index (χ4n) is 1.24. The number of hydrogen-bond acceptors (Lipinski definition) is 3. The summed E-state index contributed by atoms with van der Waals surface area (Å²) in [6.07, 6.45) is 0.0442. The van der Waals surface area contributed by atoms with Gasteiger partial charge in [0.25, 0.3) is 0 Å². The van der Waals surface area contributed by atoms with Gasteiger partial charge in [0, 0.05) is 12.5 Å². The van der Waals surface area contributed by atoms with Gasteiger partial charge in [-0.1, -0.05) is 0 Å². The van der Waals surface area contributed by atoms with Crippen molar-refractivity contribution in [1.29, 1.82) is 0 Å². The minimum absolute atomic E-state index is 0.0156. The van der Waals surface area contributed by atoms with E-state index in [1.165, 1.54) is 0 Å². The Morgan fingerprint density at radius 2 is 1.89 bits per heavy atom. The highest BCUT2D eigenvalue weighted by molar-refractivity contribution is 4.83. The molecular formula is C6H12O3. The molecule has 0 bridgehead atoms. The van der Waals surface area contributed by atoms with Gasteiger partial charge in [-0.05, 0) is 12.8 Å². The third-order valence-electron chi connectivity index (χ3n) is 1.94. The first-order chi connectivity index (χ1) is 4.25. The smallest absolute Gasteiger partial charge is 0.0849 e. The standard InChI is InChI=1S/C6H12O3/c7-3-4-1-2-5(8)6(4)9/h4-9H,1-3H2/t4-,5+,6-/m1/s1. The summed E-state index contributed by atoms with van der Waals surface area (Å²) in [5, 5.41) is 26.6. The van der Waals surface area contributed by atoms with Gasteiger partial charge < -0.3 is 15.3 Å².